The van der Waals surface area contributed by atoms with E-state index in [0.717, 1.165) is 33.5 Å². The molecule has 0 N–H and O–H groups in total. The Kier molecular flexibility index (Phi) is 6.28. The molecule has 0 saturated heterocycles. The summed E-state index contributed by atoms with van der Waals surface area (Å²) in [5.74, 6) is 0. The Morgan fingerprint density at radius 1 is 0.472 bits per heavy atom. The lowest BCUT2D eigenvalue weighted by atomic mass is 9.32. The first-order valence-corrected chi connectivity index (χ1v) is 19.4. The number of nitrogens with zero attached hydrogens (tertiary/aromatic N) is 2. The van der Waals surface area contributed by atoms with Crippen molar-refractivity contribution in [1.29, 1.82) is 0 Å². The Balaban J connectivity index is 1.31. The van der Waals surface area contributed by atoms with Gasteiger partial charge in [0.25, 0.3) is 0 Å². The Bertz CT molecular complexity index is 2940. The number of hydrogen-bond donors (Lipinski definition) is 0. The average molecular weight is 699 g/mol. The van der Waals surface area contributed by atoms with Gasteiger partial charge in [-0.1, -0.05) is 118 Å². The molecule has 4 heterocycles. The zero-order valence-corrected chi connectivity index (χ0v) is 31.6. The van der Waals surface area contributed by atoms with Gasteiger partial charge in [0.05, 0.1) is 11.4 Å². The fourth-order valence-corrected chi connectivity index (χ4v) is 11.2. The molecule has 0 unspecified atom stereocenters. The van der Waals surface area contributed by atoms with Crippen LogP contribution in [0.1, 0.15) is 33.4 Å². The Hall–Kier alpha value is -5.58. The molecule has 0 radical (unpaired) electrons. The standard InChI is InChI=1S/C47H36B2N2OS/c1-25-11-9-12-26(2)43(25)48-34-19-17-31-18-20-35-46-42(31)45(34)50(38-22-30(6)29(5)21-36(38)48)47(52)51(46)39-23-33-32-15-7-8-16-40(32)53-41(33)24-37(39)49(35)44-27(3)13-10-14-28(44)4/h7-24H,1-6H3. The Morgan fingerprint density at radius 2 is 1.00 bits per heavy atom. The lowest BCUT2D eigenvalue weighted by molar-refractivity contribution is 0.255. The third kappa shape index (κ3) is 3.99. The summed E-state index contributed by atoms with van der Waals surface area (Å²) in [6.07, 6.45) is 0. The van der Waals surface area contributed by atoms with E-state index >= 15 is 4.79 Å². The van der Waals surface area contributed by atoms with Gasteiger partial charge >= 0.3 is 6.03 Å². The number of fused-ring (bicyclic) bond motifs is 7. The van der Waals surface area contributed by atoms with E-state index in [4.69, 9.17) is 0 Å². The highest BCUT2D eigenvalue weighted by atomic mass is 32.1. The van der Waals surface area contributed by atoms with Gasteiger partial charge in [0.2, 0.25) is 13.4 Å². The summed E-state index contributed by atoms with van der Waals surface area (Å²) in [6, 6.07) is 40.5. The topological polar surface area (TPSA) is 23.6 Å². The van der Waals surface area contributed by atoms with Crippen LogP contribution in [-0.4, -0.2) is 19.5 Å². The molecule has 11 rings (SSSR count). The summed E-state index contributed by atoms with van der Waals surface area (Å²) in [4.78, 5) is 20.0. The first kappa shape index (κ1) is 31.0. The van der Waals surface area contributed by atoms with Gasteiger partial charge in [-0.25, -0.2) is 4.79 Å². The van der Waals surface area contributed by atoms with Crippen LogP contribution < -0.4 is 42.6 Å². The van der Waals surface area contributed by atoms with Crippen molar-refractivity contribution in [3.63, 3.8) is 0 Å². The van der Waals surface area contributed by atoms with Crippen LogP contribution >= 0.6 is 11.3 Å². The van der Waals surface area contributed by atoms with Gasteiger partial charge in [0.15, 0.2) is 0 Å². The first-order valence-electron chi connectivity index (χ1n) is 18.6. The van der Waals surface area contributed by atoms with Crippen LogP contribution in [0.25, 0.3) is 30.9 Å². The number of anilines is 4. The highest BCUT2D eigenvalue weighted by molar-refractivity contribution is 7.26. The van der Waals surface area contributed by atoms with Gasteiger partial charge < -0.3 is 0 Å². The molecule has 1 aromatic heterocycles. The van der Waals surface area contributed by atoms with E-state index in [-0.39, 0.29) is 19.5 Å². The Labute approximate surface area is 314 Å². The molecule has 0 fully saturated rings. The maximum atomic E-state index is 15.8. The van der Waals surface area contributed by atoms with Gasteiger partial charge in [-0.3, -0.25) is 9.80 Å². The molecule has 3 aliphatic rings. The fourth-order valence-electron chi connectivity index (χ4n) is 10.1. The van der Waals surface area contributed by atoms with Crippen molar-refractivity contribution in [1.82, 2.24) is 0 Å². The maximum Gasteiger partial charge on any atom is 0.338 e. The minimum absolute atomic E-state index is 0.00145. The highest BCUT2D eigenvalue weighted by Gasteiger charge is 2.49. The van der Waals surface area contributed by atoms with Crippen molar-refractivity contribution >= 4 is 117 Å². The molecule has 0 bridgehead atoms. The third-order valence-electron chi connectivity index (χ3n) is 12.6. The van der Waals surface area contributed by atoms with E-state index in [1.165, 1.54) is 86.3 Å². The van der Waals surface area contributed by atoms with Gasteiger partial charge in [-0.2, -0.15) is 0 Å². The summed E-state index contributed by atoms with van der Waals surface area (Å²) < 4.78 is 2.52. The minimum Gasteiger partial charge on any atom is -0.263 e. The predicted octanol–water partition coefficient (Wildman–Crippen LogP) is 8.13. The number of thiophene rings is 1. The van der Waals surface area contributed by atoms with E-state index in [9.17, 15) is 0 Å². The molecule has 3 aliphatic heterocycles. The molecular weight excluding hydrogens is 662 g/mol. The van der Waals surface area contributed by atoms with Gasteiger partial charge in [-0.05, 0) is 104 Å². The quantitative estimate of drug-likeness (QED) is 0.167. The predicted molar refractivity (Wildman–Crippen MR) is 230 cm³/mol. The van der Waals surface area contributed by atoms with E-state index in [0.29, 0.717) is 0 Å². The van der Waals surface area contributed by atoms with E-state index in [2.05, 4.69) is 161 Å². The van der Waals surface area contributed by atoms with Crippen LogP contribution in [0, 0.1) is 41.5 Å². The molecule has 3 nitrogen and oxygen atoms in total. The number of hydrogen-bond acceptors (Lipinski definition) is 2. The second-order valence-electron chi connectivity index (χ2n) is 15.5. The lowest BCUT2D eigenvalue weighted by Crippen LogP contribution is -2.65. The van der Waals surface area contributed by atoms with Crippen molar-refractivity contribution in [2.75, 3.05) is 9.80 Å². The number of amides is 2. The average Bonchev–Trinajstić information content (AvgIpc) is 3.50. The van der Waals surface area contributed by atoms with Crippen LogP contribution in [0.15, 0.2) is 109 Å². The summed E-state index contributed by atoms with van der Waals surface area (Å²) in [6.45, 7) is 13.3. The van der Waals surface area contributed by atoms with Crippen molar-refractivity contribution in [3.8, 4) is 0 Å². The number of carbonyl (C=O) groups is 1. The third-order valence-corrected chi connectivity index (χ3v) is 13.7. The number of urea groups is 1. The summed E-state index contributed by atoms with van der Waals surface area (Å²) in [5, 5.41) is 4.76. The monoisotopic (exact) mass is 698 g/mol. The molecule has 7 aromatic carbocycles. The van der Waals surface area contributed by atoms with Crippen molar-refractivity contribution in [2.45, 2.75) is 41.5 Å². The lowest BCUT2D eigenvalue weighted by Gasteiger charge is -2.47. The largest absolute Gasteiger partial charge is 0.338 e. The van der Waals surface area contributed by atoms with Crippen LogP contribution in [0.5, 0.6) is 0 Å². The molecule has 252 valence electrons. The maximum absolute atomic E-state index is 15.8. The van der Waals surface area contributed by atoms with E-state index < -0.39 is 0 Å². The van der Waals surface area contributed by atoms with Gasteiger partial charge in [0.1, 0.15) is 0 Å². The smallest absolute Gasteiger partial charge is 0.263 e. The minimum atomic E-state index is -0.0261. The summed E-state index contributed by atoms with van der Waals surface area (Å²) in [5.41, 5.74) is 19.0. The molecule has 0 atom stereocenters. The highest BCUT2D eigenvalue weighted by Crippen LogP contribution is 2.49. The zero-order chi connectivity index (χ0) is 36.0. The second-order valence-corrected chi connectivity index (χ2v) is 16.6. The SMILES string of the molecule is Cc1cc2c(cc1C)N1C(=O)N3c4cc5c(cc4B(c4c(C)cccc4C)c4ccc6ccc(c1c6c43)B2c1c(C)cccc1C)sc1ccccc15. The van der Waals surface area contributed by atoms with Crippen molar-refractivity contribution in [3.05, 3.63) is 143 Å². The summed E-state index contributed by atoms with van der Waals surface area (Å²) in [7, 11) is 0. The van der Waals surface area contributed by atoms with E-state index in [1.807, 2.05) is 11.3 Å². The summed E-state index contributed by atoms with van der Waals surface area (Å²) >= 11 is 1.84. The van der Waals surface area contributed by atoms with Crippen LogP contribution in [0.2, 0.25) is 0 Å². The number of aryl methyl sites for hydroxylation is 6. The van der Waals surface area contributed by atoms with Crippen LogP contribution in [0.4, 0.5) is 27.5 Å². The molecule has 2 amide bonds. The molecule has 0 spiro atoms. The molecular formula is C47H36B2N2OS. The molecule has 6 heteroatoms. The van der Waals surface area contributed by atoms with Gasteiger partial charge in [0, 0.05) is 36.9 Å². The Morgan fingerprint density at radius 3 is 1.60 bits per heavy atom. The van der Waals surface area contributed by atoms with Crippen LogP contribution in [0.3, 0.4) is 0 Å². The van der Waals surface area contributed by atoms with E-state index in [1.54, 1.807) is 0 Å². The van der Waals surface area contributed by atoms with Gasteiger partial charge in [-0.15, -0.1) is 11.3 Å². The van der Waals surface area contributed by atoms with Crippen molar-refractivity contribution in [2.24, 2.45) is 0 Å². The molecule has 53 heavy (non-hydrogen) atoms. The number of carbonyl (C=O) groups excluding carboxylic acids is 1. The molecule has 0 aliphatic carbocycles. The molecule has 8 aromatic rings. The van der Waals surface area contributed by atoms with Crippen LogP contribution in [-0.2, 0) is 0 Å². The second kappa shape index (κ2) is 10.7. The zero-order valence-electron chi connectivity index (χ0n) is 30.8. The number of rotatable bonds is 2. The molecule has 0 saturated carbocycles. The van der Waals surface area contributed by atoms with Crippen molar-refractivity contribution < 1.29 is 4.79 Å². The first-order chi connectivity index (χ1) is 25.7. The fraction of sp³-hybridized carbons (Fsp3) is 0.128. The normalized spacial score (nSPS) is 14.1. The number of benzene rings is 7.